The van der Waals surface area contributed by atoms with Gasteiger partial charge in [-0.15, -0.1) is 11.3 Å². The number of nitrogens with one attached hydrogen (secondary N) is 1. The van der Waals surface area contributed by atoms with E-state index < -0.39 is 26.8 Å². The highest BCUT2D eigenvalue weighted by Gasteiger charge is 2.41. The minimum atomic E-state index is -3.85. The molecule has 0 unspecified atom stereocenters. The van der Waals surface area contributed by atoms with Crippen molar-refractivity contribution in [1.29, 1.82) is 0 Å². The van der Waals surface area contributed by atoms with E-state index in [0.29, 0.717) is 35.8 Å². The van der Waals surface area contributed by atoms with Crippen molar-refractivity contribution in [1.82, 2.24) is 33.4 Å². The molecule has 0 bridgehead atoms. The normalized spacial score (nSPS) is 16.9. The molecule has 1 fully saturated rings. The first-order valence-electron chi connectivity index (χ1n) is 11.5. The molecule has 0 amide bonds. The molecule has 4 aromatic rings. The Labute approximate surface area is 209 Å². The van der Waals surface area contributed by atoms with Gasteiger partial charge >= 0.3 is 5.69 Å². The lowest BCUT2D eigenvalue weighted by Gasteiger charge is -2.13. The fraction of sp³-hybridized carbons (Fsp3) is 0.455. The zero-order valence-electron chi connectivity index (χ0n) is 19.8. The fourth-order valence-electron chi connectivity index (χ4n) is 4.38. The first-order valence-corrected chi connectivity index (χ1v) is 13.8. The molecule has 36 heavy (non-hydrogen) atoms. The Morgan fingerprint density at radius 3 is 2.69 bits per heavy atom. The van der Waals surface area contributed by atoms with Gasteiger partial charge in [-0.2, -0.15) is 10.2 Å². The van der Waals surface area contributed by atoms with Gasteiger partial charge in [-0.05, 0) is 31.9 Å². The summed E-state index contributed by atoms with van der Waals surface area (Å²) in [6.07, 6.45) is 4.84. The average Bonchev–Trinajstić information content (AvgIpc) is 3.21. The summed E-state index contributed by atoms with van der Waals surface area (Å²) in [6, 6.07) is 3.24. The zero-order valence-corrected chi connectivity index (χ0v) is 21.4. The van der Waals surface area contributed by atoms with Crippen LogP contribution in [0.5, 0.6) is 0 Å². The average molecular weight is 532 g/mol. The molecule has 2 aliphatic rings. The van der Waals surface area contributed by atoms with Crippen molar-refractivity contribution in [3.8, 4) is 0 Å². The van der Waals surface area contributed by atoms with Crippen molar-refractivity contribution >= 4 is 31.6 Å². The summed E-state index contributed by atoms with van der Waals surface area (Å²) in [4.78, 5) is 27.4. The quantitative estimate of drug-likeness (QED) is 0.369. The van der Waals surface area contributed by atoms with Crippen LogP contribution in [0.4, 0.5) is 0 Å². The maximum Gasteiger partial charge on any atom is 0.332 e. The summed E-state index contributed by atoms with van der Waals surface area (Å²) in [7, 11) is -2.10. The molecule has 6 rings (SSSR count). The van der Waals surface area contributed by atoms with Crippen molar-refractivity contribution in [2.75, 3.05) is 6.61 Å². The minimum absolute atomic E-state index is 0.00698. The van der Waals surface area contributed by atoms with E-state index in [1.165, 1.54) is 10.6 Å². The predicted octanol–water partition coefficient (Wildman–Crippen LogP) is 0.612. The lowest BCUT2D eigenvalue weighted by molar-refractivity contribution is 0.0800. The topological polar surface area (TPSA) is 135 Å². The predicted molar refractivity (Wildman–Crippen MR) is 132 cm³/mol. The first-order chi connectivity index (χ1) is 17.1. The van der Waals surface area contributed by atoms with Crippen LogP contribution in [-0.4, -0.2) is 49.3 Å². The van der Waals surface area contributed by atoms with Gasteiger partial charge < -0.3 is 4.74 Å². The van der Waals surface area contributed by atoms with E-state index in [4.69, 9.17) is 4.74 Å². The van der Waals surface area contributed by atoms with Crippen LogP contribution in [0, 0.1) is 0 Å². The highest BCUT2D eigenvalue weighted by Crippen LogP contribution is 2.37. The molecule has 12 nitrogen and oxygen atoms in total. The molecule has 0 radical (unpaired) electrons. The molecule has 1 aliphatic heterocycles. The van der Waals surface area contributed by atoms with Crippen LogP contribution in [0.1, 0.15) is 36.7 Å². The second kappa shape index (κ2) is 8.23. The van der Waals surface area contributed by atoms with E-state index in [-0.39, 0.29) is 22.7 Å². The van der Waals surface area contributed by atoms with Crippen LogP contribution in [0.15, 0.2) is 38.3 Å². The number of hydrogen-bond donors (Lipinski definition) is 1. The van der Waals surface area contributed by atoms with Crippen LogP contribution in [-0.2, 0) is 48.0 Å². The van der Waals surface area contributed by atoms with E-state index in [1.54, 1.807) is 24.1 Å². The molecule has 5 heterocycles. The maximum absolute atomic E-state index is 13.6. The molecule has 1 saturated carbocycles. The summed E-state index contributed by atoms with van der Waals surface area (Å²) in [5.74, 6) is 0. The Bertz CT molecular complexity index is 1700. The van der Waals surface area contributed by atoms with Gasteiger partial charge in [0.2, 0.25) is 0 Å². The summed E-state index contributed by atoms with van der Waals surface area (Å²) in [5.41, 5.74) is 0.678. The number of nitrogens with zero attached hydrogens (tertiary/aromatic N) is 6. The number of fused-ring (bicyclic) bond motifs is 2. The first kappa shape index (κ1) is 23.3. The summed E-state index contributed by atoms with van der Waals surface area (Å²) >= 11 is 0.924. The molecule has 1 aliphatic carbocycles. The van der Waals surface area contributed by atoms with Gasteiger partial charge in [-0.25, -0.2) is 17.9 Å². The summed E-state index contributed by atoms with van der Waals surface area (Å²) in [6.45, 7) is 3.57. The van der Waals surface area contributed by atoms with E-state index in [0.717, 1.165) is 34.4 Å². The fourth-order valence-corrected chi connectivity index (χ4v) is 7.28. The summed E-state index contributed by atoms with van der Waals surface area (Å²) < 4.78 is 40.4. The molecule has 0 saturated heterocycles. The van der Waals surface area contributed by atoms with Crippen LogP contribution >= 0.6 is 11.3 Å². The lowest BCUT2D eigenvalue weighted by Crippen LogP contribution is -2.40. The van der Waals surface area contributed by atoms with Gasteiger partial charge in [0.25, 0.3) is 15.6 Å². The van der Waals surface area contributed by atoms with Gasteiger partial charge in [0.05, 0.1) is 55.8 Å². The highest BCUT2D eigenvalue weighted by atomic mass is 32.2. The number of aromatic nitrogens is 6. The molecule has 190 valence electrons. The van der Waals surface area contributed by atoms with Gasteiger partial charge in [0.15, 0.2) is 0 Å². The maximum atomic E-state index is 13.6. The molecule has 0 spiro atoms. The van der Waals surface area contributed by atoms with Crippen molar-refractivity contribution < 1.29 is 13.2 Å². The molecule has 1 N–H and O–H groups in total. The van der Waals surface area contributed by atoms with E-state index >= 15 is 0 Å². The molecular weight excluding hydrogens is 506 g/mol. The third kappa shape index (κ3) is 4.13. The van der Waals surface area contributed by atoms with Crippen LogP contribution in [0.25, 0.3) is 10.2 Å². The second-order valence-corrected chi connectivity index (χ2v) is 12.6. The van der Waals surface area contributed by atoms with Crippen LogP contribution in [0.2, 0.25) is 0 Å². The molecule has 0 atom stereocenters. The highest BCUT2D eigenvalue weighted by molar-refractivity contribution is 7.91. The number of aryl methyl sites for hydroxylation is 1. The second-order valence-electron chi connectivity index (χ2n) is 9.64. The number of hydrogen-bond acceptors (Lipinski definition) is 8. The van der Waals surface area contributed by atoms with Crippen molar-refractivity contribution in [3.05, 3.63) is 62.3 Å². The smallest absolute Gasteiger partial charge is 0.332 e. The Morgan fingerprint density at radius 2 is 2.00 bits per heavy atom. The SMILES string of the molecule is Cn1cc(Cn2c(=O)c3cc(S(=O)(=O)NC4(C)CC4)sc3n(Cc3cc4n(n3)CCOC4)c2=O)cn1. The zero-order chi connectivity index (χ0) is 25.2. The minimum Gasteiger partial charge on any atom is -0.373 e. The third-order valence-corrected chi connectivity index (χ3v) is 9.82. The number of rotatable bonds is 7. The third-order valence-electron chi connectivity index (χ3n) is 6.55. The van der Waals surface area contributed by atoms with E-state index in [1.807, 2.05) is 17.7 Å². The lowest BCUT2D eigenvalue weighted by atomic mass is 10.3. The Kier molecular flexibility index (Phi) is 5.33. The Balaban J connectivity index is 1.50. The largest absolute Gasteiger partial charge is 0.373 e. The Morgan fingerprint density at radius 1 is 1.19 bits per heavy atom. The van der Waals surface area contributed by atoms with Crippen molar-refractivity contribution in [3.63, 3.8) is 0 Å². The van der Waals surface area contributed by atoms with E-state index in [2.05, 4.69) is 14.9 Å². The monoisotopic (exact) mass is 531 g/mol. The van der Waals surface area contributed by atoms with E-state index in [9.17, 15) is 18.0 Å². The van der Waals surface area contributed by atoms with Crippen LogP contribution in [0.3, 0.4) is 0 Å². The van der Waals surface area contributed by atoms with Gasteiger partial charge in [-0.3, -0.25) is 23.3 Å². The molecule has 0 aromatic carbocycles. The number of sulfonamides is 1. The van der Waals surface area contributed by atoms with Crippen molar-refractivity contribution in [2.24, 2.45) is 7.05 Å². The Hall–Kier alpha value is -3.07. The van der Waals surface area contributed by atoms with Crippen molar-refractivity contribution in [2.45, 2.75) is 55.8 Å². The molecular formula is C22H25N7O5S2. The number of ether oxygens (including phenoxy) is 1. The van der Waals surface area contributed by atoms with Gasteiger partial charge in [0, 0.05) is 24.3 Å². The van der Waals surface area contributed by atoms with Crippen LogP contribution < -0.4 is 16.0 Å². The molecule has 4 aromatic heterocycles. The van der Waals surface area contributed by atoms with Gasteiger partial charge in [-0.1, -0.05) is 0 Å². The molecule has 14 heteroatoms. The van der Waals surface area contributed by atoms with Gasteiger partial charge in [0.1, 0.15) is 9.04 Å². The standard InChI is InChI=1S/C22H25N7O5S2/c1-22(3-4-22)25-36(32,33)18-8-17-19(30)27(11-14-9-23-26(2)10-14)21(31)28(20(17)35-18)12-15-7-16-13-34-6-5-29(16)24-15/h7-10,25H,3-6,11-13H2,1-2H3. The summed E-state index contributed by atoms with van der Waals surface area (Å²) in [5, 5.41) is 8.89. The number of thiophene rings is 1.